The van der Waals surface area contributed by atoms with E-state index in [4.69, 9.17) is 4.74 Å². The zero-order valence-corrected chi connectivity index (χ0v) is 15.8. The van der Waals surface area contributed by atoms with Crippen LogP contribution >= 0.6 is 0 Å². The number of carbonyl (C=O) groups is 1. The smallest absolute Gasteiger partial charge is 0.394 e. The van der Waals surface area contributed by atoms with Gasteiger partial charge in [0.15, 0.2) is 0 Å². The van der Waals surface area contributed by atoms with Crippen molar-refractivity contribution in [1.29, 1.82) is 0 Å². The zero-order chi connectivity index (χ0) is 21.1. The summed E-state index contributed by atoms with van der Waals surface area (Å²) >= 11 is 0. The van der Waals surface area contributed by atoms with Crippen LogP contribution in [0.5, 0.6) is 5.75 Å². The van der Waals surface area contributed by atoms with Crippen molar-refractivity contribution in [2.45, 2.75) is 19.1 Å². The summed E-state index contributed by atoms with van der Waals surface area (Å²) in [6.07, 6.45) is -0.791. The first-order valence-electron chi connectivity index (χ1n) is 9.23. The highest BCUT2D eigenvalue weighted by molar-refractivity contribution is 5.98. The summed E-state index contributed by atoms with van der Waals surface area (Å²) in [5.41, 5.74) is 1.59. The fraction of sp³-hybridized carbons (Fsp3) is 0.238. The van der Waals surface area contributed by atoms with Gasteiger partial charge in [-0.05, 0) is 29.8 Å². The number of benzene rings is 1. The molecule has 0 bridgehead atoms. The molecule has 0 spiro atoms. The van der Waals surface area contributed by atoms with Crippen LogP contribution in [0.3, 0.4) is 0 Å². The van der Waals surface area contributed by atoms with Crippen molar-refractivity contribution in [1.82, 2.24) is 19.9 Å². The normalized spacial score (nSPS) is 14.1. The van der Waals surface area contributed by atoms with Crippen molar-refractivity contribution in [2.75, 3.05) is 13.2 Å². The molecule has 1 aromatic carbocycles. The van der Waals surface area contributed by atoms with Crippen LogP contribution in [0.2, 0.25) is 0 Å². The molecule has 0 fully saturated rings. The standard InChI is InChI=1S/C21H17F3N4O2/c22-21(23,24)11-16-4-2-15(12-27-16)14-3-5-18-17(10-14)20(29)28(8-9-30-18)13-19-25-6-1-7-26-19/h1-7,10,12H,8-9,11,13H2. The molecule has 2 aromatic heterocycles. The van der Waals surface area contributed by atoms with Gasteiger partial charge >= 0.3 is 6.18 Å². The van der Waals surface area contributed by atoms with E-state index >= 15 is 0 Å². The predicted molar refractivity (Wildman–Crippen MR) is 102 cm³/mol. The molecule has 154 valence electrons. The van der Waals surface area contributed by atoms with E-state index in [0.717, 1.165) is 0 Å². The van der Waals surface area contributed by atoms with E-state index in [1.54, 1.807) is 47.6 Å². The summed E-state index contributed by atoms with van der Waals surface area (Å²) in [6.45, 7) is 0.966. The van der Waals surface area contributed by atoms with E-state index in [1.165, 1.54) is 12.3 Å². The second kappa shape index (κ2) is 8.10. The van der Waals surface area contributed by atoms with Crippen LogP contribution < -0.4 is 4.74 Å². The lowest BCUT2D eigenvalue weighted by Gasteiger charge is -2.19. The van der Waals surface area contributed by atoms with Crippen LogP contribution in [0, 0.1) is 0 Å². The highest BCUT2D eigenvalue weighted by Gasteiger charge is 2.28. The molecular formula is C21H17F3N4O2. The molecule has 0 unspecified atom stereocenters. The lowest BCUT2D eigenvalue weighted by molar-refractivity contribution is -0.127. The monoisotopic (exact) mass is 414 g/mol. The van der Waals surface area contributed by atoms with Gasteiger partial charge in [0.25, 0.3) is 5.91 Å². The Bertz CT molecular complexity index is 1040. The summed E-state index contributed by atoms with van der Waals surface area (Å²) < 4.78 is 43.3. The number of nitrogens with zero attached hydrogens (tertiary/aromatic N) is 4. The molecule has 6 nitrogen and oxygen atoms in total. The van der Waals surface area contributed by atoms with Crippen molar-refractivity contribution in [2.24, 2.45) is 0 Å². The van der Waals surface area contributed by atoms with Crippen LogP contribution in [0.25, 0.3) is 11.1 Å². The number of aromatic nitrogens is 3. The number of carbonyl (C=O) groups excluding carboxylic acids is 1. The van der Waals surface area contributed by atoms with Gasteiger partial charge in [-0.15, -0.1) is 0 Å². The van der Waals surface area contributed by atoms with E-state index in [2.05, 4.69) is 15.0 Å². The molecule has 4 rings (SSSR count). The number of halogens is 3. The molecule has 1 aliphatic rings. The van der Waals surface area contributed by atoms with Crippen LogP contribution in [-0.2, 0) is 13.0 Å². The van der Waals surface area contributed by atoms with E-state index in [0.29, 0.717) is 41.4 Å². The average molecular weight is 414 g/mol. The molecule has 0 saturated heterocycles. The molecule has 0 atom stereocenters. The molecule has 0 radical (unpaired) electrons. The maximum Gasteiger partial charge on any atom is 0.394 e. The van der Waals surface area contributed by atoms with Gasteiger partial charge < -0.3 is 9.64 Å². The molecule has 0 aliphatic carbocycles. The van der Waals surface area contributed by atoms with E-state index in [1.807, 2.05) is 0 Å². The summed E-state index contributed by atoms with van der Waals surface area (Å²) in [4.78, 5) is 26.9. The Labute approximate surface area is 170 Å². The Morgan fingerprint density at radius 1 is 1.03 bits per heavy atom. The fourth-order valence-corrected chi connectivity index (χ4v) is 3.18. The highest BCUT2D eigenvalue weighted by Crippen LogP contribution is 2.30. The molecule has 3 heterocycles. The number of fused-ring (bicyclic) bond motifs is 1. The summed E-state index contributed by atoms with van der Waals surface area (Å²) in [7, 11) is 0. The number of ether oxygens (including phenoxy) is 1. The van der Waals surface area contributed by atoms with E-state index in [9.17, 15) is 18.0 Å². The van der Waals surface area contributed by atoms with Gasteiger partial charge in [-0.25, -0.2) is 9.97 Å². The predicted octanol–water partition coefficient (Wildman–Crippen LogP) is 3.68. The summed E-state index contributed by atoms with van der Waals surface area (Å²) in [6, 6.07) is 9.71. The Morgan fingerprint density at radius 2 is 1.80 bits per heavy atom. The third kappa shape index (κ3) is 4.56. The Morgan fingerprint density at radius 3 is 2.50 bits per heavy atom. The number of hydrogen-bond acceptors (Lipinski definition) is 5. The number of hydrogen-bond donors (Lipinski definition) is 0. The number of pyridine rings is 1. The molecule has 3 aromatic rings. The number of rotatable bonds is 4. The summed E-state index contributed by atoms with van der Waals surface area (Å²) in [5.74, 6) is 0.759. The zero-order valence-electron chi connectivity index (χ0n) is 15.8. The molecule has 0 saturated carbocycles. The third-order valence-corrected chi connectivity index (χ3v) is 4.61. The second-order valence-corrected chi connectivity index (χ2v) is 6.78. The van der Waals surface area contributed by atoms with Crippen molar-refractivity contribution in [3.63, 3.8) is 0 Å². The molecule has 1 amide bonds. The number of alkyl halides is 3. The second-order valence-electron chi connectivity index (χ2n) is 6.78. The van der Waals surface area contributed by atoms with Crippen LogP contribution in [-0.4, -0.2) is 45.1 Å². The van der Waals surface area contributed by atoms with E-state index < -0.39 is 12.6 Å². The first-order valence-corrected chi connectivity index (χ1v) is 9.23. The Hall–Kier alpha value is -3.49. The van der Waals surface area contributed by atoms with Gasteiger partial charge in [0.1, 0.15) is 18.2 Å². The van der Waals surface area contributed by atoms with Gasteiger partial charge in [-0.1, -0.05) is 12.1 Å². The number of amides is 1. The maximum absolute atomic E-state index is 13.1. The largest absolute Gasteiger partial charge is 0.491 e. The molecule has 0 N–H and O–H groups in total. The van der Waals surface area contributed by atoms with Crippen molar-refractivity contribution >= 4 is 5.91 Å². The van der Waals surface area contributed by atoms with Gasteiger partial charge in [-0.2, -0.15) is 13.2 Å². The van der Waals surface area contributed by atoms with Crippen molar-refractivity contribution in [3.05, 3.63) is 72.1 Å². The highest BCUT2D eigenvalue weighted by atomic mass is 19.4. The first kappa shape index (κ1) is 19.8. The van der Waals surface area contributed by atoms with Crippen LogP contribution in [0.1, 0.15) is 21.9 Å². The minimum Gasteiger partial charge on any atom is -0.491 e. The SMILES string of the molecule is O=C1c2cc(-c3ccc(CC(F)(F)F)nc3)ccc2OCCN1Cc1ncccn1. The third-order valence-electron chi connectivity index (χ3n) is 4.61. The lowest BCUT2D eigenvalue weighted by Crippen LogP contribution is -2.32. The van der Waals surface area contributed by atoms with Gasteiger partial charge in [0.05, 0.1) is 25.1 Å². The van der Waals surface area contributed by atoms with Gasteiger partial charge in [0, 0.05) is 29.8 Å². The van der Waals surface area contributed by atoms with Gasteiger partial charge in [-0.3, -0.25) is 9.78 Å². The van der Waals surface area contributed by atoms with E-state index in [-0.39, 0.29) is 18.1 Å². The molecule has 9 heteroatoms. The lowest BCUT2D eigenvalue weighted by atomic mass is 10.0. The minimum absolute atomic E-state index is 0.0607. The maximum atomic E-state index is 13.1. The quantitative estimate of drug-likeness (QED) is 0.652. The van der Waals surface area contributed by atoms with Crippen LogP contribution in [0.15, 0.2) is 55.0 Å². The fourth-order valence-electron chi connectivity index (χ4n) is 3.18. The summed E-state index contributed by atoms with van der Waals surface area (Å²) in [5, 5.41) is 0. The molecular weight excluding hydrogens is 397 g/mol. The van der Waals surface area contributed by atoms with Gasteiger partial charge in [0.2, 0.25) is 0 Å². The van der Waals surface area contributed by atoms with Crippen molar-refractivity contribution in [3.8, 4) is 16.9 Å². The molecule has 1 aliphatic heterocycles. The van der Waals surface area contributed by atoms with Crippen molar-refractivity contribution < 1.29 is 22.7 Å². The Kier molecular flexibility index (Phi) is 5.35. The minimum atomic E-state index is -4.31. The topological polar surface area (TPSA) is 68.2 Å². The average Bonchev–Trinajstić information content (AvgIpc) is 2.87. The first-order chi connectivity index (χ1) is 14.4. The Balaban J connectivity index is 1.59. The molecule has 30 heavy (non-hydrogen) atoms. The van der Waals surface area contributed by atoms with Crippen LogP contribution in [0.4, 0.5) is 13.2 Å².